The van der Waals surface area contributed by atoms with E-state index in [1.165, 1.54) is 5.56 Å². The number of nitrogens with zero attached hydrogens (tertiary/aromatic N) is 3. The van der Waals surface area contributed by atoms with Gasteiger partial charge in [-0.05, 0) is 18.4 Å². The summed E-state index contributed by atoms with van der Waals surface area (Å²) in [6.45, 7) is 0.173. The van der Waals surface area contributed by atoms with Crippen LogP contribution in [0.4, 0.5) is 0 Å². The lowest BCUT2D eigenvalue weighted by atomic mass is 10.0. The maximum atomic E-state index is 9.47. The van der Waals surface area contributed by atoms with Gasteiger partial charge in [-0.25, -0.2) is 0 Å². The summed E-state index contributed by atoms with van der Waals surface area (Å²) in [6, 6.07) is 10.4. The Balaban J connectivity index is 1.92. The standard InChI is InChI=1S/C14H17N3O/c18-10-12-7-4-8-13-15-16-14(17(12)13)9-11-5-2-1-3-6-11/h1-3,5-6,12,18H,4,7-10H2. The van der Waals surface area contributed by atoms with Crippen LogP contribution < -0.4 is 0 Å². The van der Waals surface area contributed by atoms with E-state index in [4.69, 9.17) is 0 Å². The van der Waals surface area contributed by atoms with E-state index in [9.17, 15) is 5.11 Å². The van der Waals surface area contributed by atoms with Gasteiger partial charge in [-0.15, -0.1) is 10.2 Å². The molecule has 1 N–H and O–H groups in total. The van der Waals surface area contributed by atoms with Crippen LogP contribution in [0.2, 0.25) is 0 Å². The third-order valence-electron chi connectivity index (χ3n) is 3.56. The summed E-state index contributed by atoms with van der Waals surface area (Å²) >= 11 is 0. The molecule has 0 bridgehead atoms. The molecule has 94 valence electrons. The van der Waals surface area contributed by atoms with Crippen LogP contribution in [0, 0.1) is 0 Å². The summed E-state index contributed by atoms with van der Waals surface area (Å²) in [5.41, 5.74) is 1.23. The zero-order valence-corrected chi connectivity index (χ0v) is 10.3. The molecule has 4 nitrogen and oxygen atoms in total. The second kappa shape index (κ2) is 4.90. The third kappa shape index (κ3) is 2.04. The number of rotatable bonds is 3. The lowest BCUT2D eigenvalue weighted by Crippen LogP contribution is -2.23. The lowest BCUT2D eigenvalue weighted by molar-refractivity contribution is 0.203. The summed E-state index contributed by atoms with van der Waals surface area (Å²) in [6.07, 6.45) is 3.86. The predicted molar refractivity (Wildman–Crippen MR) is 68.3 cm³/mol. The number of benzene rings is 1. The van der Waals surface area contributed by atoms with Gasteiger partial charge in [-0.2, -0.15) is 0 Å². The van der Waals surface area contributed by atoms with Crippen molar-refractivity contribution in [2.75, 3.05) is 6.61 Å². The van der Waals surface area contributed by atoms with Gasteiger partial charge in [0.15, 0.2) is 0 Å². The molecular formula is C14H17N3O. The smallest absolute Gasteiger partial charge is 0.137 e. The molecule has 3 rings (SSSR count). The number of aryl methyl sites for hydroxylation is 1. The Morgan fingerprint density at radius 2 is 2.06 bits per heavy atom. The fourth-order valence-corrected chi connectivity index (χ4v) is 2.65. The average Bonchev–Trinajstić information content (AvgIpc) is 2.83. The van der Waals surface area contributed by atoms with E-state index in [2.05, 4.69) is 26.9 Å². The molecule has 1 aromatic carbocycles. The molecular weight excluding hydrogens is 226 g/mol. The molecule has 0 radical (unpaired) electrons. The number of aliphatic hydroxyl groups is 1. The average molecular weight is 243 g/mol. The molecule has 1 aliphatic heterocycles. The maximum Gasteiger partial charge on any atom is 0.137 e. The number of hydrogen-bond acceptors (Lipinski definition) is 3. The van der Waals surface area contributed by atoms with Crippen LogP contribution in [0.1, 0.15) is 36.1 Å². The Morgan fingerprint density at radius 3 is 2.83 bits per heavy atom. The fourth-order valence-electron chi connectivity index (χ4n) is 2.65. The minimum Gasteiger partial charge on any atom is -0.394 e. The molecule has 4 heteroatoms. The summed E-state index contributed by atoms with van der Waals surface area (Å²) in [7, 11) is 0. The van der Waals surface area contributed by atoms with Gasteiger partial charge in [0.05, 0.1) is 12.6 Å². The van der Waals surface area contributed by atoms with Crippen molar-refractivity contribution in [1.29, 1.82) is 0 Å². The third-order valence-corrected chi connectivity index (χ3v) is 3.56. The molecule has 0 saturated carbocycles. The van der Waals surface area contributed by atoms with Crippen molar-refractivity contribution in [2.45, 2.75) is 31.7 Å². The molecule has 0 saturated heterocycles. The molecule has 1 unspecified atom stereocenters. The second-order valence-corrected chi connectivity index (χ2v) is 4.79. The first kappa shape index (κ1) is 11.4. The summed E-state index contributed by atoms with van der Waals surface area (Å²) < 4.78 is 2.14. The first-order valence-corrected chi connectivity index (χ1v) is 6.46. The molecule has 0 amide bonds. The van der Waals surface area contributed by atoms with Crippen LogP contribution in [0.25, 0.3) is 0 Å². The highest BCUT2D eigenvalue weighted by Crippen LogP contribution is 2.25. The van der Waals surface area contributed by atoms with Crippen molar-refractivity contribution in [1.82, 2.24) is 14.8 Å². The minimum absolute atomic E-state index is 0.155. The summed E-state index contributed by atoms with van der Waals surface area (Å²) in [4.78, 5) is 0. The highest BCUT2D eigenvalue weighted by molar-refractivity contribution is 5.20. The van der Waals surface area contributed by atoms with E-state index in [0.717, 1.165) is 37.3 Å². The van der Waals surface area contributed by atoms with Crippen molar-refractivity contribution in [3.05, 3.63) is 47.5 Å². The molecule has 2 aromatic rings. The van der Waals surface area contributed by atoms with Crippen molar-refractivity contribution in [3.8, 4) is 0 Å². The number of fused-ring (bicyclic) bond motifs is 1. The zero-order chi connectivity index (χ0) is 12.4. The van der Waals surface area contributed by atoms with Crippen LogP contribution in [-0.4, -0.2) is 26.5 Å². The second-order valence-electron chi connectivity index (χ2n) is 4.79. The number of hydrogen-bond donors (Lipinski definition) is 1. The highest BCUT2D eigenvalue weighted by Gasteiger charge is 2.23. The Labute approximate surface area is 106 Å². The molecule has 18 heavy (non-hydrogen) atoms. The minimum atomic E-state index is 0.155. The van der Waals surface area contributed by atoms with Crippen molar-refractivity contribution in [2.24, 2.45) is 0 Å². The van der Waals surface area contributed by atoms with Crippen LogP contribution >= 0.6 is 0 Å². The van der Waals surface area contributed by atoms with Gasteiger partial charge in [-0.1, -0.05) is 30.3 Å². The number of aromatic nitrogens is 3. The first-order valence-electron chi connectivity index (χ1n) is 6.46. The lowest BCUT2D eigenvalue weighted by Gasteiger charge is -2.24. The normalized spacial score (nSPS) is 18.6. The molecule has 1 aliphatic rings. The van der Waals surface area contributed by atoms with E-state index in [1.807, 2.05) is 18.2 Å². The summed E-state index contributed by atoms with van der Waals surface area (Å²) in [5, 5.41) is 18.0. The van der Waals surface area contributed by atoms with E-state index >= 15 is 0 Å². The Kier molecular flexibility index (Phi) is 3.11. The fraction of sp³-hybridized carbons (Fsp3) is 0.429. The molecule has 2 heterocycles. The molecule has 1 aromatic heterocycles. The van der Waals surface area contributed by atoms with Crippen LogP contribution in [0.5, 0.6) is 0 Å². The van der Waals surface area contributed by atoms with Crippen LogP contribution in [0.3, 0.4) is 0 Å². The van der Waals surface area contributed by atoms with Crippen molar-refractivity contribution >= 4 is 0 Å². The zero-order valence-electron chi connectivity index (χ0n) is 10.3. The molecule has 0 fully saturated rings. The van der Waals surface area contributed by atoms with Gasteiger partial charge in [-0.3, -0.25) is 0 Å². The SMILES string of the molecule is OCC1CCCc2nnc(Cc3ccccc3)n21. The summed E-state index contributed by atoms with van der Waals surface area (Å²) in [5.74, 6) is 1.99. The van der Waals surface area contributed by atoms with Crippen LogP contribution in [0.15, 0.2) is 30.3 Å². The van der Waals surface area contributed by atoms with E-state index < -0.39 is 0 Å². The van der Waals surface area contributed by atoms with Gasteiger partial charge < -0.3 is 9.67 Å². The Bertz CT molecular complexity index is 521. The van der Waals surface area contributed by atoms with Gasteiger partial charge in [0, 0.05) is 12.8 Å². The largest absolute Gasteiger partial charge is 0.394 e. The predicted octanol–water partition coefficient (Wildman–Crippen LogP) is 1.74. The van der Waals surface area contributed by atoms with E-state index in [1.54, 1.807) is 0 Å². The van der Waals surface area contributed by atoms with E-state index in [-0.39, 0.29) is 12.6 Å². The van der Waals surface area contributed by atoms with E-state index in [0.29, 0.717) is 0 Å². The Hall–Kier alpha value is -1.68. The molecule has 0 aliphatic carbocycles. The van der Waals surface area contributed by atoms with Crippen molar-refractivity contribution < 1.29 is 5.11 Å². The monoisotopic (exact) mass is 243 g/mol. The maximum absolute atomic E-state index is 9.47. The quantitative estimate of drug-likeness (QED) is 0.893. The van der Waals surface area contributed by atoms with Gasteiger partial charge >= 0.3 is 0 Å². The number of aliphatic hydroxyl groups excluding tert-OH is 1. The Morgan fingerprint density at radius 1 is 1.22 bits per heavy atom. The van der Waals surface area contributed by atoms with Gasteiger partial charge in [0.2, 0.25) is 0 Å². The van der Waals surface area contributed by atoms with Gasteiger partial charge in [0.1, 0.15) is 11.6 Å². The van der Waals surface area contributed by atoms with Crippen molar-refractivity contribution in [3.63, 3.8) is 0 Å². The van der Waals surface area contributed by atoms with Gasteiger partial charge in [0.25, 0.3) is 0 Å². The molecule has 1 atom stereocenters. The molecule has 0 spiro atoms. The topological polar surface area (TPSA) is 50.9 Å². The van der Waals surface area contributed by atoms with Crippen LogP contribution in [-0.2, 0) is 12.8 Å². The first-order chi connectivity index (χ1) is 8.88. The highest BCUT2D eigenvalue weighted by atomic mass is 16.3.